The fourth-order valence-electron chi connectivity index (χ4n) is 1.54. The Morgan fingerprint density at radius 2 is 2.13 bits per heavy atom. The molecule has 0 bridgehead atoms. The van der Waals surface area contributed by atoms with Crippen molar-refractivity contribution in [3.05, 3.63) is 18.0 Å². The smallest absolute Gasteiger partial charge is 0.166 e. The van der Waals surface area contributed by atoms with Crippen LogP contribution in [0.25, 0.3) is 0 Å². The van der Waals surface area contributed by atoms with Gasteiger partial charge in [0.25, 0.3) is 0 Å². The van der Waals surface area contributed by atoms with Gasteiger partial charge >= 0.3 is 0 Å². The summed E-state index contributed by atoms with van der Waals surface area (Å²) in [4.78, 5) is 11.7. The molecule has 3 nitrogen and oxygen atoms in total. The van der Waals surface area contributed by atoms with E-state index in [1.807, 2.05) is 13.1 Å². The predicted molar refractivity (Wildman–Crippen MR) is 61.0 cm³/mol. The summed E-state index contributed by atoms with van der Waals surface area (Å²) >= 11 is 0. The molecule has 0 N–H and O–H groups in total. The monoisotopic (exact) mass is 208 g/mol. The van der Waals surface area contributed by atoms with Crippen LogP contribution < -0.4 is 0 Å². The van der Waals surface area contributed by atoms with Crippen LogP contribution in [0.2, 0.25) is 0 Å². The highest BCUT2D eigenvalue weighted by Crippen LogP contribution is 2.08. The fraction of sp³-hybridized carbons (Fsp3) is 0.667. The zero-order valence-electron chi connectivity index (χ0n) is 9.70. The topological polar surface area (TPSA) is 34.9 Å². The SMILES string of the molecule is CCCCCCC(=O)c1cnn(CC)c1. The number of rotatable bonds is 7. The van der Waals surface area contributed by atoms with Crippen molar-refractivity contribution in [3.8, 4) is 0 Å². The summed E-state index contributed by atoms with van der Waals surface area (Å²) in [7, 11) is 0. The molecule has 1 rings (SSSR count). The number of aromatic nitrogens is 2. The molecule has 0 aliphatic rings. The van der Waals surface area contributed by atoms with E-state index in [4.69, 9.17) is 0 Å². The van der Waals surface area contributed by atoms with Crippen molar-refractivity contribution in [2.75, 3.05) is 0 Å². The second-order valence-electron chi connectivity index (χ2n) is 3.82. The van der Waals surface area contributed by atoms with Crippen LogP contribution in [-0.2, 0) is 6.54 Å². The summed E-state index contributed by atoms with van der Waals surface area (Å²) in [6.45, 7) is 5.01. The Labute approximate surface area is 91.5 Å². The predicted octanol–water partition coefficient (Wildman–Crippen LogP) is 3.06. The average molecular weight is 208 g/mol. The largest absolute Gasteiger partial charge is 0.294 e. The number of Topliss-reactive ketones (excluding diaryl/α,β-unsaturated/α-hetero) is 1. The van der Waals surface area contributed by atoms with E-state index in [1.54, 1.807) is 10.9 Å². The van der Waals surface area contributed by atoms with Crippen molar-refractivity contribution in [2.24, 2.45) is 0 Å². The lowest BCUT2D eigenvalue weighted by Gasteiger charge is -1.97. The molecule has 0 saturated heterocycles. The highest BCUT2D eigenvalue weighted by molar-refractivity contribution is 5.95. The lowest BCUT2D eigenvalue weighted by atomic mass is 10.1. The third-order valence-corrected chi connectivity index (χ3v) is 2.54. The van der Waals surface area contributed by atoms with Crippen LogP contribution >= 0.6 is 0 Å². The van der Waals surface area contributed by atoms with E-state index in [-0.39, 0.29) is 5.78 Å². The van der Waals surface area contributed by atoms with E-state index in [9.17, 15) is 4.79 Å². The van der Waals surface area contributed by atoms with E-state index in [0.717, 1.165) is 24.9 Å². The quantitative estimate of drug-likeness (QED) is 0.510. The molecule has 0 radical (unpaired) electrons. The van der Waals surface area contributed by atoms with Crippen molar-refractivity contribution in [3.63, 3.8) is 0 Å². The second-order valence-corrected chi connectivity index (χ2v) is 3.82. The first-order chi connectivity index (χ1) is 7.27. The van der Waals surface area contributed by atoms with E-state index in [0.29, 0.717) is 6.42 Å². The third-order valence-electron chi connectivity index (χ3n) is 2.54. The molecular weight excluding hydrogens is 188 g/mol. The highest BCUT2D eigenvalue weighted by atomic mass is 16.1. The number of aryl methyl sites for hydroxylation is 1. The van der Waals surface area contributed by atoms with E-state index in [2.05, 4.69) is 12.0 Å². The minimum Gasteiger partial charge on any atom is -0.294 e. The van der Waals surface area contributed by atoms with Crippen molar-refractivity contribution in [1.29, 1.82) is 0 Å². The summed E-state index contributed by atoms with van der Waals surface area (Å²) in [6.07, 6.45) is 8.76. The number of nitrogens with zero attached hydrogens (tertiary/aromatic N) is 2. The van der Waals surface area contributed by atoms with Gasteiger partial charge in [-0.3, -0.25) is 9.48 Å². The molecule has 15 heavy (non-hydrogen) atoms. The molecule has 1 aromatic rings. The Morgan fingerprint density at radius 3 is 2.73 bits per heavy atom. The molecule has 1 heterocycles. The van der Waals surface area contributed by atoms with Gasteiger partial charge in [-0.15, -0.1) is 0 Å². The average Bonchev–Trinajstić information content (AvgIpc) is 2.72. The molecule has 0 aromatic carbocycles. The fourth-order valence-corrected chi connectivity index (χ4v) is 1.54. The highest BCUT2D eigenvalue weighted by Gasteiger charge is 2.07. The molecule has 3 heteroatoms. The van der Waals surface area contributed by atoms with Crippen LogP contribution in [0.3, 0.4) is 0 Å². The second kappa shape index (κ2) is 6.38. The van der Waals surface area contributed by atoms with E-state index >= 15 is 0 Å². The first-order valence-electron chi connectivity index (χ1n) is 5.83. The first-order valence-corrected chi connectivity index (χ1v) is 5.83. The van der Waals surface area contributed by atoms with E-state index in [1.165, 1.54) is 12.8 Å². The number of unbranched alkanes of at least 4 members (excludes halogenated alkanes) is 3. The zero-order valence-corrected chi connectivity index (χ0v) is 9.70. The number of hydrogen-bond acceptors (Lipinski definition) is 2. The normalized spacial score (nSPS) is 10.5. The number of carbonyl (C=O) groups is 1. The summed E-state index contributed by atoms with van der Waals surface area (Å²) in [5.41, 5.74) is 0.758. The van der Waals surface area contributed by atoms with Gasteiger partial charge in [0.15, 0.2) is 5.78 Å². The van der Waals surface area contributed by atoms with Gasteiger partial charge in [-0.25, -0.2) is 0 Å². The van der Waals surface area contributed by atoms with Gasteiger partial charge in [0, 0.05) is 19.2 Å². The van der Waals surface area contributed by atoms with Crippen LogP contribution in [0, 0.1) is 0 Å². The molecule has 0 unspecified atom stereocenters. The van der Waals surface area contributed by atoms with Crippen molar-refractivity contribution < 1.29 is 4.79 Å². The zero-order chi connectivity index (χ0) is 11.1. The van der Waals surface area contributed by atoms with Gasteiger partial charge in [-0.05, 0) is 13.3 Å². The van der Waals surface area contributed by atoms with Crippen molar-refractivity contribution in [1.82, 2.24) is 9.78 Å². The molecule has 0 fully saturated rings. The molecule has 0 spiro atoms. The maximum Gasteiger partial charge on any atom is 0.166 e. The molecule has 0 atom stereocenters. The van der Waals surface area contributed by atoms with Gasteiger partial charge in [0.2, 0.25) is 0 Å². The maximum atomic E-state index is 11.7. The van der Waals surface area contributed by atoms with E-state index < -0.39 is 0 Å². The lowest BCUT2D eigenvalue weighted by molar-refractivity contribution is 0.0979. The molecule has 0 saturated carbocycles. The number of carbonyl (C=O) groups excluding carboxylic acids is 1. The third kappa shape index (κ3) is 3.86. The maximum absolute atomic E-state index is 11.7. The Morgan fingerprint density at radius 1 is 1.33 bits per heavy atom. The number of ketones is 1. The number of hydrogen-bond donors (Lipinski definition) is 0. The van der Waals surface area contributed by atoms with Gasteiger partial charge < -0.3 is 0 Å². The van der Waals surface area contributed by atoms with Gasteiger partial charge in [0.05, 0.1) is 11.8 Å². The standard InChI is InChI=1S/C12H20N2O/c1-3-5-6-7-8-12(15)11-9-13-14(4-2)10-11/h9-10H,3-8H2,1-2H3. The summed E-state index contributed by atoms with van der Waals surface area (Å²) in [5.74, 6) is 0.228. The van der Waals surface area contributed by atoms with Crippen molar-refractivity contribution in [2.45, 2.75) is 52.5 Å². The molecular formula is C12H20N2O. The van der Waals surface area contributed by atoms with Gasteiger partial charge in [0.1, 0.15) is 0 Å². The van der Waals surface area contributed by atoms with Gasteiger partial charge in [-0.2, -0.15) is 5.10 Å². The van der Waals surface area contributed by atoms with Crippen LogP contribution in [0.15, 0.2) is 12.4 Å². The Bertz CT molecular complexity index is 304. The Hall–Kier alpha value is -1.12. The van der Waals surface area contributed by atoms with Crippen LogP contribution in [0.5, 0.6) is 0 Å². The molecule has 0 amide bonds. The van der Waals surface area contributed by atoms with Crippen LogP contribution in [0.1, 0.15) is 56.3 Å². The van der Waals surface area contributed by atoms with Gasteiger partial charge in [-0.1, -0.05) is 26.2 Å². The minimum absolute atomic E-state index is 0.228. The minimum atomic E-state index is 0.228. The Kier molecular flexibility index (Phi) is 5.08. The summed E-state index contributed by atoms with van der Waals surface area (Å²) in [6, 6.07) is 0. The summed E-state index contributed by atoms with van der Waals surface area (Å²) in [5, 5.41) is 4.10. The van der Waals surface area contributed by atoms with Crippen LogP contribution in [-0.4, -0.2) is 15.6 Å². The summed E-state index contributed by atoms with van der Waals surface area (Å²) < 4.78 is 1.79. The van der Waals surface area contributed by atoms with Crippen LogP contribution in [0.4, 0.5) is 0 Å². The molecule has 84 valence electrons. The Balaban J connectivity index is 2.33. The lowest BCUT2D eigenvalue weighted by Crippen LogP contribution is -1.98. The first kappa shape index (κ1) is 12.0. The molecule has 1 aromatic heterocycles. The van der Waals surface area contributed by atoms with Crippen molar-refractivity contribution >= 4 is 5.78 Å². The molecule has 0 aliphatic heterocycles. The molecule has 0 aliphatic carbocycles.